The van der Waals surface area contributed by atoms with Gasteiger partial charge in [0, 0.05) is 10.8 Å². The fourth-order valence-electron chi connectivity index (χ4n) is 12.6. The van der Waals surface area contributed by atoms with Crippen molar-refractivity contribution in [3.63, 3.8) is 0 Å². The smallest absolute Gasteiger partial charge is 0.135 e. The van der Waals surface area contributed by atoms with Gasteiger partial charge in [0.05, 0.1) is 0 Å². The van der Waals surface area contributed by atoms with E-state index in [1.807, 2.05) is 134 Å². The van der Waals surface area contributed by atoms with E-state index in [1.54, 1.807) is 0 Å². The average Bonchev–Trinajstić information content (AvgIpc) is 1.77. The van der Waals surface area contributed by atoms with Crippen LogP contribution in [0.15, 0.2) is 453 Å². The first-order chi connectivity index (χ1) is 55.8. The minimum atomic E-state index is 0.962. The molecule has 0 saturated carbocycles. The van der Waals surface area contributed by atoms with Crippen LogP contribution in [0.2, 0.25) is 0 Å². The molecule has 0 amide bonds. The van der Waals surface area contributed by atoms with Gasteiger partial charge in [0.15, 0.2) is 0 Å². The summed E-state index contributed by atoms with van der Waals surface area (Å²) in [5.74, 6) is 0. The molecule has 0 radical (unpaired) electrons. The summed E-state index contributed by atoms with van der Waals surface area (Å²) < 4.78 is 5.65. The Morgan fingerprint density at radius 1 is 0.142 bits per heavy atom. The van der Waals surface area contributed by atoms with Gasteiger partial charge in [-0.2, -0.15) is 0 Å². The van der Waals surface area contributed by atoms with Gasteiger partial charge in [-0.25, -0.2) is 0 Å². The number of hydrogen-bond donors (Lipinski definition) is 0. The zero-order valence-electron chi connectivity index (χ0n) is 68.1. The molecule has 564 valence electrons. The molecule has 0 spiro atoms. The van der Waals surface area contributed by atoms with E-state index >= 15 is 0 Å². The molecular formula is C112H110O. The Morgan fingerprint density at radius 2 is 0.398 bits per heavy atom. The predicted octanol–water partition coefficient (Wildman–Crippen LogP) is 33.7. The van der Waals surface area contributed by atoms with Crippen LogP contribution >= 0.6 is 0 Å². The molecule has 0 aliphatic rings. The molecule has 113 heavy (non-hydrogen) atoms. The van der Waals surface area contributed by atoms with Crippen molar-refractivity contribution >= 4 is 65.0 Å². The maximum Gasteiger partial charge on any atom is 0.135 e. The van der Waals surface area contributed by atoms with Gasteiger partial charge in [-0.1, -0.05) is 497 Å². The molecule has 18 aromatic carbocycles. The number of fused-ring (bicyclic) bond motifs is 8. The van der Waals surface area contributed by atoms with Crippen LogP contribution in [0, 0.1) is 27.7 Å². The Hall–Kier alpha value is -13.2. The Kier molecular flexibility index (Phi) is 36.5. The lowest BCUT2D eigenvalue weighted by atomic mass is 9.97. The van der Waals surface area contributed by atoms with Crippen molar-refractivity contribution in [2.45, 2.75) is 83.1 Å². The maximum atomic E-state index is 5.65. The van der Waals surface area contributed by atoms with E-state index in [9.17, 15) is 0 Å². The summed E-state index contributed by atoms with van der Waals surface area (Å²) in [6.45, 7) is 24.5. The second kappa shape index (κ2) is 48.4. The summed E-state index contributed by atoms with van der Waals surface area (Å²) in [7, 11) is 0. The summed E-state index contributed by atoms with van der Waals surface area (Å²) in [5.41, 5.74) is 19.9. The Balaban J connectivity index is 0.000000162. The maximum absolute atomic E-state index is 5.65. The van der Waals surface area contributed by atoms with E-state index < -0.39 is 0 Å². The van der Waals surface area contributed by atoms with Crippen LogP contribution in [0.4, 0.5) is 0 Å². The van der Waals surface area contributed by atoms with Gasteiger partial charge in [0.25, 0.3) is 0 Å². The topological polar surface area (TPSA) is 13.1 Å². The van der Waals surface area contributed by atoms with Crippen LogP contribution in [-0.2, 0) is 0 Å². The standard InChI is InChI=1S/C19H16.C18H14.C14H10.C12H8O.C12H10.2C11H10.C7H8.4C2H6/c1-15-12-18(16-8-4-2-5-9-16)14-19(13-15)17-10-6-3-7-11-17;1-3-7-15(8-4-1)17-11-13-18(14-12-17)16-9-5-2-6-10-16;1-3-7-13-11(5-1)9-10-12-6-2-4-8-14(12)13;1-3-7-11-9(5-1)10-6-2-4-8-12(10)13-11;1-3-7-11(8-4-1)12-9-5-2-6-10-12;1-9-5-4-7-10-6-2-3-8-11(9)10;1-9-6-7-10-4-2-3-5-11(10)8-9;1-7-5-3-2-4-6-7;4*1-2/h2-14H,1H3;1-14H;1-10H;1-8H;1-10H;2*2-8H,1H3;2-6H,1H3;4*1-2H3. The van der Waals surface area contributed by atoms with E-state index in [4.69, 9.17) is 4.42 Å². The van der Waals surface area contributed by atoms with Gasteiger partial charge in [0.2, 0.25) is 0 Å². The van der Waals surface area contributed by atoms with Crippen molar-refractivity contribution in [2.24, 2.45) is 0 Å². The van der Waals surface area contributed by atoms with Gasteiger partial charge in [-0.05, 0) is 156 Å². The second-order valence-electron chi connectivity index (χ2n) is 25.8. The first-order valence-corrected chi connectivity index (χ1v) is 39.9. The Morgan fingerprint density at radius 3 is 0.743 bits per heavy atom. The molecule has 0 N–H and O–H groups in total. The zero-order valence-corrected chi connectivity index (χ0v) is 68.1. The lowest BCUT2D eigenvalue weighted by Crippen LogP contribution is -1.84. The number of para-hydroxylation sites is 2. The van der Waals surface area contributed by atoms with Crippen LogP contribution in [0.5, 0.6) is 0 Å². The molecule has 1 nitrogen and oxygen atoms in total. The number of rotatable bonds is 5. The molecule has 0 saturated heterocycles. The third-order valence-electron chi connectivity index (χ3n) is 18.1. The van der Waals surface area contributed by atoms with Crippen LogP contribution in [0.25, 0.3) is 121 Å². The molecule has 1 heterocycles. The third kappa shape index (κ3) is 26.5. The van der Waals surface area contributed by atoms with Crippen molar-refractivity contribution in [3.05, 3.63) is 471 Å². The average molecular weight is 1470 g/mol. The third-order valence-corrected chi connectivity index (χ3v) is 18.1. The van der Waals surface area contributed by atoms with E-state index in [1.165, 1.54) is 132 Å². The Labute approximate surface area is 674 Å². The van der Waals surface area contributed by atoms with Gasteiger partial charge in [0.1, 0.15) is 11.2 Å². The quantitative estimate of drug-likeness (QED) is 0.157. The molecule has 0 unspecified atom stereocenters. The highest BCUT2D eigenvalue weighted by Gasteiger charge is 2.06. The van der Waals surface area contributed by atoms with E-state index in [0.717, 1.165) is 11.2 Å². The van der Waals surface area contributed by atoms with E-state index in [-0.39, 0.29) is 0 Å². The fraction of sp³-hybridized carbons (Fsp3) is 0.107. The number of benzene rings is 18. The van der Waals surface area contributed by atoms with Gasteiger partial charge < -0.3 is 4.42 Å². The van der Waals surface area contributed by atoms with E-state index in [0.29, 0.717) is 0 Å². The van der Waals surface area contributed by atoms with Gasteiger partial charge >= 0.3 is 0 Å². The molecule has 1 aromatic heterocycles. The molecule has 0 aliphatic heterocycles. The molecule has 0 atom stereocenters. The molecular weight excluding hydrogens is 1360 g/mol. The van der Waals surface area contributed by atoms with E-state index in [2.05, 4.69) is 398 Å². The summed E-state index contributed by atoms with van der Waals surface area (Å²) >= 11 is 0. The Bertz CT molecular complexity index is 5510. The van der Waals surface area contributed by atoms with Crippen molar-refractivity contribution in [1.82, 2.24) is 0 Å². The summed E-state index contributed by atoms with van der Waals surface area (Å²) in [5, 5.41) is 13.0. The molecule has 0 fully saturated rings. The first kappa shape index (κ1) is 85.4. The molecule has 19 rings (SSSR count). The SMILES string of the molecule is CC.CC.CC.CC.Cc1cc(-c2ccccc2)cc(-c2ccccc2)c1.Cc1ccc2ccccc2c1.Cc1cccc2ccccc12.Cc1ccccc1.c1ccc(-c2ccc(-c3ccccc3)cc2)cc1.c1ccc(-c2ccccc2)cc1.c1ccc2c(c1)ccc1ccccc12.c1ccc2c(c1)oc1ccccc12. The molecule has 19 aromatic rings. The monoisotopic (exact) mass is 1470 g/mol. The number of furan rings is 1. The first-order valence-electron chi connectivity index (χ1n) is 39.9. The minimum Gasteiger partial charge on any atom is -0.456 e. The summed E-state index contributed by atoms with van der Waals surface area (Å²) in [6.07, 6.45) is 0. The summed E-state index contributed by atoms with van der Waals surface area (Å²) in [6, 6.07) is 156. The number of hydrogen-bond acceptors (Lipinski definition) is 1. The predicted molar refractivity (Wildman–Crippen MR) is 500 cm³/mol. The van der Waals surface area contributed by atoms with Crippen LogP contribution in [0.1, 0.15) is 77.6 Å². The highest BCUT2D eigenvalue weighted by atomic mass is 16.3. The van der Waals surface area contributed by atoms with Crippen molar-refractivity contribution in [2.75, 3.05) is 0 Å². The lowest BCUT2D eigenvalue weighted by Gasteiger charge is -2.08. The van der Waals surface area contributed by atoms with Crippen molar-refractivity contribution in [1.29, 1.82) is 0 Å². The summed E-state index contributed by atoms with van der Waals surface area (Å²) in [4.78, 5) is 0. The second-order valence-corrected chi connectivity index (χ2v) is 25.8. The highest BCUT2D eigenvalue weighted by Crippen LogP contribution is 2.31. The minimum absolute atomic E-state index is 0.962. The van der Waals surface area contributed by atoms with Crippen molar-refractivity contribution < 1.29 is 4.42 Å². The lowest BCUT2D eigenvalue weighted by molar-refractivity contribution is 0.669. The largest absolute Gasteiger partial charge is 0.456 e. The fourth-order valence-corrected chi connectivity index (χ4v) is 12.6. The van der Waals surface area contributed by atoms with Crippen LogP contribution < -0.4 is 0 Å². The van der Waals surface area contributed by atoms with Gasteiger partial charge in [-0.15, -0.1) is 0 Å². The molecule has 0 bridgehead atoms. The zero-order chi connectivity index (χ0) is 80.0. The van der Waals surface area contributed by atoms with Crippen LogP contribution in [-0.4, -0.2) is 0 Å². The van der Waals surface area contributed by atoms with Crippen LogP contribution in [0.3, 0.4) is 0 Å². The highest BCUT2D eigenvalue weighted by molar-refractivity contribution is 6.07. The number of aryl methyl sites for hydroxylation is 4. The normalized spacial score (nSPS) is 9.77. The van der Waals surface area contributed by atoms with Gasteiger partial charge in [-0.3, -0.25) is 0 Å². The molecule has 0 aliphatic carbocycles. The molecule has 1 heteroatoms. The van der Waals surface area contributed by atoms with Crippen molar-refractivity contribution in [3.8, 4) is 55.6 Å².